The van der Waals surface area contributed by atoms with Crippen LogP contribution in [0.4, 0.5) is 0 Å². The summed E-state index contributed by atoms with van der Waals surface area (Å²) in [6.45, 7) is 0.362. The summed E-state index contributed by atoms with van der Waals surface area (Å²) in [5, 5.41) is 1.76. The van der Waals surface area contributed by atoms with Crippen molar-refractivity contribution in [1.29, 1.82) is 0 Å². The molecule has 0 N–H and O–H groups in total. The highest BCUT2D eigenvalue weighted by Crippen LogP contribution is 2.29. The minimum atomic E-state index is -0.506. The fraction of sp³-hybridized carbons (Fsp3) is 0.111. The molecule has 0 saturated heterocycles. The van der Waals surface area contributed by atoms with E-state index in [9.17, 15) is 4.79 Å². The van der Waals surface area contributed by atoms with E-state index in [1.165, 1.54) is 7.11 Å². The first-order valence-electron chi connectivity index (χ1n) is 6.92. The van der Waals surface area contributed by atoms with Crippen LogP contribution in [0.3, 0.4) is 0 Å². The largest absolute Gasteiger partial charge is 0.486 e. The number of esters is 1. The van der Waals surface area contributed by atoms with Gasteiger partial charge in [0.15, 0.2) is 11.4 Å². The van der Waals surface area contributed by atoms with Crippen LogP contribution < -0.4 is 4.74 Å². The van der Waals surface area contributed by atoms with E-state index in [4.69, 9.17) is 9.47 Å². The van der Waals surface area contributed by atoms with Crippen molar-refractivity contribution < 1.29 is 14.3 Å². The van der Waals surface area contributed by atoms with Gasteiger partial charge < -0.3 is 9.47 Å². The normalized spacial score (nSPS) is 10.4. The van der Waals surface area contributed by atoms with Gasteiger partial charge in [-0.15, -0.1) is 0 Å². The fourth-order valence-corrected chi connectivity index (χ4v) is 2.25. The van der Waals surface area contributed by atoms with Gasteiger partial charge in [-0.3, -0.25) is 0 Å². The molecule has 110 valence electrons. The van der Waals surface area contributed by atoms with Crippen LogP contribution in [0.25, 0.3) is 10.8 Å². The van der Waals surface area contributed by atoms with E-state index in [-0.39, 0.29) is 5.69 Å². The highest BCUT2D eigenvalue weighted by atomic mass is 16.5. The molecule has 0 radical (unpaired) electrons. The number of rotatable bonds is 4. The number of nitrogens with zero attached hydrogens (tertiary/aromatic N) is 1. The maximum atomic E-state index is 11.9. The Bertz CT molecular complexity index is 800. The number of fused-ring (bicyclic) bond motifs is 1. The summed E-state index contributed by atoms with van der Waals surface area (Å²) in [7, 11) is 1.33. The predicted octanol–water partition coefficient (Wildman–Crippen LogP) is 3.60. The number of benzene rings is 2. The van der Waals surface area contributed by atoms with Crippen LogP contribution in [-0.4, -0.2) is 18.1 Å². The van der Waals surface area contributed by atoms with Gasteiger partial charge >= 0.3 is 5.97 Å². The van der Waals surface area contributed by atoms with E-state index in [2.05, 4.69) is 4.98 Å². The lowest BCUT2D eigenvalue weighted by Crippen LogP contribution is -2.08. The van der Waals surface area contributed by atoms with Crippen molar-refractivity contribution in [2.45, 2.75) is 6.61 Å². The first-order chi connectivity index (χ1) is 10.8. The third kappa shape index (κ3) is 2.76. The molecule has 3 rings (SSSR count). The first kappa shape index (κ1) is 14.1. The molecule has 4 heteroatoms. The SMILES string of the molecule is COC(=O)c1ncc2ccccc2c1OCc1ccccc1. The Balaban J connectivity index is 2.02. The third-order valence-electron chi connectivity index (χ3n) is 3.36. The number of methoxy groups -OCH3 is 1. The van der Waals surface area contributed by atoms with Crippen LogP contribution in [0.5, 0.6) is 5.75 Å². The van der Waals surface area contributed by atoms with Crippen LogP contribution in [0, 0.1) is 0 Å². The maximum absolute atomic E-state index is 11.9. The van der Waals surface area contributed by atoms with Gasteiger partial charge in [0.25, 0.3) is 0 Å². The molecule has 2 aromatic carbocycles. The van der Waals surface area contributed by atoms with Gasteiger partial charge in [-0.2, -0.15) is 0 Å². The van der Waals surface area contributed by atoms with Crippen molar-refractivity contribution >= 4 is 16.7 Å². The second kappa shape index (κ2) is 6.26. The van der Waals surface area contributed by atoms with Crippen LogP contribution >= 0.6 is 0 Å². The Morgan fingerprint density at radius 1 is 1.05 bits per heavy atom. The van der Waals surface area contributed by atoms with Gasteiger partial charge in [-0.25, -0.2) is 9.78 Å². The van der Waals surface area contributed by atoms with Gasteiger partial charge in [0, 0.05) is 17.0 Å². The molecular weight excluding hydrogens is 278 g/mol. The van der Waals surface area contributed by atoms with E-state index in [1.807, 2.05) is 54.6 Å². The highest BCUT2D eigenvalue weighted by molar-refractivity contribution is 5.99. The molecule has 4 nitrogen and oxygen atoms in total. The zero-order chi connectivity index (χ0) is 15.4. The lowest BCUT2D eigenvalue weighted by molar-refractivity contribution is 0.0589. The molecule has 0 aliphatic rings. The average Bonchev–Trinajstić information content (AvgIpc) is 2.59. The summed E-state index contributed by atoms with van der Waals surface area (Å²) in [6.07, 6.45) is 1.65. The second-order valence-electron chi connectivity index (χ2n) is 4.79. The first-order valence-corrected chi connectivity index (χ1v) is 6.92. The molecule has 0 fully saturated rings. The van der Waals surface area contributed by atoms with Crippen molar-refractivity contribution in [3.63, 3.8) is 0 Å². The highest BCUT2D eigenvalue weighted by Gasteiger charge is 2.18. The molecular formula is C18H15NO3. The van der Waals surface area contributed by atoms with Gasteiger partial charge in [0.2, 0.25) is 0 Å². The molecule has 0 unspecified atom stereocenters. The Kier molecular flexibility index (Phi) is 4.01. The van der Waals surface area contributed by atoms with Gasteiger partial charge in [-0.05, 0) is 5.56 Å². The fourth-order valence-electron chi connectivity index (χ4n) is 2.25. The van der Waals surface area contributed by atoms with Gasteiger partial charge in [-0.1, -0.05) is 54.6 Å². The van der Waals surface area contributed by atoms with Crippen LogP contribution in [0.2, 0.25) is 0 Å². The number of hydrogen-bond donors (Lipinski definition) is 0. The van der Waals surface area contributed by atoms with Crippen LogP contribution in [-0.2, 0) is 11.3 Å². The molecule has 0 spiro atoms. The van der Waals surface area contributed by atoms with Crippen molar-refractivity contribution in [2.75, 3.05) is 7.11 Å². The number of pyridine rings is 1. The smallest absolute Gasteiger partial charge is 0.360 e. The van der Waals surface area contributed by atoms with Crippen molar-refractivity contribution in [1.82, 2.24) is 4.98 Å². The maximum Gasteiger partial charge on any atom is 0.360 e. The molecule has 1 aromatic heterocycles. The quantitative estimate of drug-likeness (QED) is 0.690. The lowest BCUT2D eigenvalue weighted by atomic mass is 10.1. The zero-order valence-corrected chi connectivity index (χ0v) is 12.2. The standard InChI is InChI=1S/C18H15NO3/c1-21-18(20)16-17(22-12-13-7-3-2-4-8-13)15-10-6-5-9-14(15)11-19-16/h2-11H,12H2,1H3. The molecule has 0 aliphatic heterocycles. The Morgan fingerprint density at radius 2 is 1.77 bits per heavy atom. The molecule has 0 amide bonds. The van der Waals surface area contributed by atoms with Gasteiger partial charge in [0.1, 0.15) is 6.61 Å². The Hall–Kier alpha value is -2.88. The Labute approximate surface area is 128 Å². The zero-order valence-electron chi connectivity index (χ0n) is 12.2. The van der Waals surface area contributed by atoms with E-state index in [0.29, 0.717) is 12.4 Å². The monoisotopic (exact) mass is 293 g/mol. The molecule has 0 aliphatic carbocycles. The topological polar surface area (TPSA) is 48.4 Å². The van der Waals surface area contributed by atoms with E-state index in [1.54, 1.807) is 6.20 Å². The summed E-state index contributed by atoms with van der Waals surface area (Å²) < 4.78 is 10.7. The van der Waals surface area contributed by atoms with Gasteiger partial charge in [0.05, 0.1) is 7.11 Å². The average molecular weight is 293 g/mol. The number of aromatic nitrogens is 1. The van der Waals surface area contributed by atoms with Crippen molar-refractivity contribution in [2.24, 2.45) is 0 Å². The minimum absolute atomic E-state index is 0.192. The number of carbonyl (C=O) groups excluding carboxylic acids is 1. The molecule has 0 atom stereocenters. The predicted molar refractivity (Wildman–Crippen MR) is 83.9 cm³/mol. The molecule has 1 heterocycles. The lowest BCUT2D eigenvalue weighted by Gasteiger charge is -2.12. The summed E-state index contributed by atoms with van der Waals surface area (Å²) in [5.41, 5.74) is 1.21. The van der Waals surface area contributed by atoms with Crippen molar-refractivity contribution in [3.8, 4) is 5.75 Å². The number of hydrogen-bond acceptors (Lipinski definition) is 4. The van der Waals surface area contributed by atoms with E-state index < -0.39 is 5.97 Å². The molecule has 0 bridgehead atoms. The summed E-state index contributed by atoms with van der Waals surface area (Å²) in [6, 6.07) is 17.4. The van der Waals surface area contributed by atoms with E-state index >= 15 is 0 Å². The molecule has 3 aromatic rings. The number of carbonyl (C=O) groups is 1. The number of ether oxygens (including phenoxy) is 2. The summed E-state index contributed by atoms with van der Waals surface area (Å²) in [5.74, 6) is -0.0531. The van der Waals surface area contributed by atoms with Crippen LogP contribution in [0.1, 0.15) is 16.1 Å². The second-order valence-corrected chi connectivity index (χ2v) is 4.79. The third-order valence-corrected chi connectivity index (χ3v) is 3.36. The molecule has 0 saturated carbocycles. The minimum Gasteiger partial charge on any atom is -0.486 e. The van der Waals surface area contributed by atoms with Crippen molar-refractivity contribution in [3.05, 3.63) is 72.1 Å². The Morgan fingerprint density at radius 3 is 2.55 bits per heavy atom. The summed E-state index contributed by atoms with van der Waals surface area (Å²) in [4.78, 5) is 16.1. The van der Waals surface area contributed by atoms with Crippen LogP contribution in [0.15, 0.2) is 60.8 Å². The summed E-state index contributed by atoms with van der Waals surface area (Å²) >= 11 is 0. The molecule has 22 heavy (non-hydrogen) atoms. The van der Waals surface area contributed by atoms with E-state index in [0.717, 1.165) is 16.3 Å².